The lowest BCUT2D eigenvalue weighted by atomic mass is 9.71. The van der Waals surface area contributed by atoms with E-state index in [0.29, 0.717) is 43.1 Å². The van der Waals surface area contributed by atoms with Crippen molar-refractivity contribution in [1.82, 2.24) is 5.32 Å². The summed E-state index contributed by atoms with van der Waals surface area (Å²) in [7, 11) is 0. The van der Waals surface area contributed by atoms with Gasteiger partial charge in [0.05, 0.1) is 12.6 Å². The van der Waals surface area contributed by atoms with Crippen LogP contribution in [0.15, 0.2) is 52.6 Å². The number of aliphatic carboxylic acids is 1. The van der Waals surface area contributed by atoms with Gasteiger partial charge in [-0.05, 0) is 74.9 Å². The van der Waals surface area contributed by atoms with Gasteiger partial charge in [-0.25, -0.2) is 9.79 Å². The summed E-state index contributed by atoms with van der Waals surface area (Å²) < 4.78 is 0. The fourth-order valence-corrected chi connectivity index (χ4v) is 5.98. The minimum atomic E-state index is -1.07. The average Bonchev–Trinajstić information content (AvgIpc) is 2.95. The SMILES string of the molecule is C/C=C/C(CC)C/C=C/C(=C\C(NC(N)=NC/C=C1\C(=O)CC(C2CCCCC2)CC1O)C(=O)O)CCCCCO. The Hall–Kier alpha value is -2.71. The second-order valence-electron chi connectivity index (χ2n) is 11.5. The van der Waals surface area contributed by atoms with Gasteiger partial charge in [-0.15, -0.1) is 0 Å². The van der Waals surface area contributed by atoms with E-state index in [0.717, 1.165) is 44.1 Å². The van der Waals surface area contributed by atoms with Crippen molar-refractivity contribution in [3.8, 4) is 0 Å². The summed E-state index contributed by atoms with van der Waals surface area (Å²) in [6, 6.07) is -1.07. The molecule has 2 aliphatic rings. The predicted molar refractivity (Wildman–Crippen MR) is 165 cm³/mol. The number of hydrogen-bond donors (Lipinski definition) is 5. The molecule has 6 N–H and O–H groups in total. The maximum Gasteiger partial charge on any atom is 0.330 e. The molecule has 0 bridgehead atoms. The van der Waals surface area contributed by atoms with Gasteiger partial charge in [0.1, 0.15) is 6.04 Å². The molecule has 2 fully saturated rings. The number of ketones is 1. The average molecular weight is 572 g/mol. The minimum Gasteiger partial charge on any atom is -0.479 e. The number of unbranched alkanes of at least 4 members (excludes halogenated alkanes) is 2. The number of nitrogens with two attached hydrogens (primary N) is 1. The number of rotatable bonds is 16. The largest absolute Gasteiger partial charge is 0.479 e. The summed E-state index contributed by atoms with van der Waals surface area (Å²) in [4.78, 5) is 29.1. The first-order valence-electron chi connectivity index (χ1n) is 15.6. The highest BCUT2D eigenvalue weighted by molar-refractivity contribution is 5.97. The van der Waals surface area contributed by atoms with Crippen LogP contribution < -0.4 is 11.1 Å². The number of carboxylic acids is 1. The van der Waals surface area contributed by atoms with Gasteiger partial charge in [-0.3, -0.25) is 4.79 Å². The number of allylic oxidation sites excluding steroid dienone is 5. The Bertz CT molecular complexity index is 962. The van der Waals surface area contributed by atoms with Crippen molar-refractivity contribution < 1.29 is 24.9 Å². The van der Waals surface area contributed by atoms with Gasteiger partial charge >= 0.3 is 5.97 Å². The second-order valence-corrected chi connectivity index (χ2v) is 11.5. The fourth-order valence-electron chi connectivity index (χ4n) is 5.98. The maximum absolute atomic E-state index is 12.8. The zero-order valence-electron chi connectivity index (χ0n) is 25.1. The van der Waals surface area contributed by atoms with Crippen LogP contribution in [0, 0.1) is 17.8 Å². The monoisotopic (exact) mass is 571 g/mol. The molecule has 8 nitrogen and oxygen atoms in total. The molecule has 230 valence electrons. The number of aliphatic hydroxyl groups excluding tert-OH is 2. The van der Waals surface area contributed by atoms with Gasteiger partial charge in [-0.2, -0.15) is 0 Å². The van der Waals surface area contributed by atoms with Crippen LogP contribution in [0.25, 0.3) is 0 Å². The zero-order valence-corrected chi connectivity index (χ0v) is 25.1. The van der Waals surface area contributed by atoms with E-state index in [9.17, 15) is 19.8 Å². The van der Waals surface area contributed by atoms with Crippen molar-refractivity contribution in [2.45, 2.75) is 109 Å². The zero-order chi connectivity index (χ0) is 30.0. The van der Waals surface area contributed by atoms with Gasteiger partial charge in [0.2, 0.25) is 0 Å². The van der Waals surface area contributed by atoms with E-state index in [1.165, 1.54) is 19.3 Å². The minimum absolute atomic E-state index is 0.0234. The Kier molecular flexibility index (Phi) is 16.3. The number of carbonyl (C=O) groups is 2. The summed E-state index contributed by atoms with van der Waals surface area (Å²) in [5.41, 5.74) is 7.32. The smallest absolute Gasteiger partial charge is 0.330 e. The number of hydrogen-bond acceptors (Lipinski definition) is 5. The van der Waals surface area contributed by atoms with Crippen molar-refractivity contribution >= 4 is 17.7 Å². The molecule has 0 heterocycles. The first kappa shape index (κ1) is 34.5. The van der Waals surface area contributed by atoms with Gasteiger partial charge in [0, 0.05) is 18.6 Å². The van der Waals surface area contributed by atoms with Crippen molar-refractivity contribution in [2.75, 3.05) is 13.2 Å². The number of aliphatic imine (C=N–C) groups is 1. The highest BCUT2D eigenvalue weighted by Gasteiger charge is 2.35. The lowest BCUT2D eigenvalue weighted by molar-refractivity contribution is -0.137. The van der Waals surface area contributed by atoms with E-state index in [-0.39, 0.29) is 30.8 Å². The number of carbonyl (C=O) groups excluding carboxylic acids is 1. The van der Waals surface area contributed by atoms with Crippen LogP contribution in [0.2, 0.25) is 0 Å². The topological polar surface area (TPSA) is 145 Å². The molecule has 41 heavy (non-hydrogen) atoms. The van der Waals surface area contributed by atoms with Crippen LogP contribution >= 0.6 is 0 Å². The van der Waals surface area contributed by atoms with Crippen molar-refractivity contribution in [3.63, 3.8) is 0 Å². The standard InChI is InChI=1S/C33H53N3O5/c1-3-12-24(4-2)14-11-15-25(13-7-6-10-20-37)21-29(32(40)41)36-33(34)35-19-18-28-30(38)22-27(23-31(28)39)26-16-8-5-9-17-26/h3,11-12,15,18,21,24,26-27,29-30,37-38H,4-10,13-14,16-17,19-20,22-23H2,1-2H3,(H,40,41)(H3,34,35,36)/b12-3+,15-11+,25-21-,28-18-. The quantitative estimate of drug-likeness (QED) is 0.0426. The Labute approximate surface area is 246 Å². The Balaban J connectivity index is 2.04. The van der Waals surface area contributed by atoms with E-state index >= 15 is 0 Å². The molecule has 0 aromatic rings. The van der Waals surface area contributed by atoms with Gasteiger partial charge in [0.15, 0.2) is 11.7 Å². The molecule has 2 saturated carbocycles. The normalized spacial score (nSPS) is 23.9. The molecule has 0 aliphatic heterocycles. The summed E-state index contributed by atoms with van der Waals surface area (Å²) in [5, 5.41) is 32.4. The molecule has 0 aromatic carbocycles. The third kappa shape index (κ3) is 12.8. The van der Waals surface area contributed by atoms with Crippen LogP contribution in [-0.4, -0.2) is 58.3 Å². The highest BCUT2D eigenvalue weighted by Crippen LogP contribution is 2.38. The van der Waals surface area contributed by atoms with Crippen LogP contribution in [0.4, 0.5) is 0 Å². The van der Waals surface area contributed by atoms with Crippen LogP contribution in [0.5, 0.6) is 0 Å². The second kappa shape index (κ2) is 19.4. The number of aliphatic hydroxyl groups is 2. The highest BCUT2D eigenvalue weighted by atomic mass is 16.4. The van der Waals surface area contributed by atoms with Gasteiger partial charge in [-0.1, -0.05) is 75.8 Å². The van der Waals surface area contributed by atoms with E-state index in [1.54, 1.807) is 12.2 Å². The summed E-state index contributed by atoms with van der Waals surface area (Å²) >= 11 is 0. The van der Waals surface area contributed by atoms with Crippen LogP contribution in [0.1, 0.15) is 97.3 Å². The third-order valence-corrected chi connectivity index (χ3v) is 8.38. The molecule has 0 aromatic heterocycles. The number of guanidine groups is 1. The first-order chi connectivity index (χ1) is 19.8. The molecular weight excluding hydrogens is 518 g/mol. The molecule has 8 heteroatoms. The maximum atomic E-state index is 12.8. The van der Waals surface area contributed by atoms with Crippen LogP contribution in [-0.2, 0) is 9.59 Å². The molecule has 2 rings (SSSR count). The Morgan fingerprint density at radius 1 is 1.17 bits per heavy atom. The molecule has 4 unspecified atom stereocenters. The van der Waals surface area contributed by atoms with E-state index in [2.05, 4.69) is 35.5 Å². The summed E-state index contributed by atoms with van der Waals surface area (Å²) in [6.45, 7) is 4.37. The van der Waals surface area contributed by atoms with E-state index in [4.69, 9.17) is 10.8 Å². The van der Waals surface area contributed by atoms with Crippen molar-refractivity contribution in [1.29, 1.82) is 0 Å². The molecule has 0 radical (unpaired) electrons. The van der Waals surface area contributed by atoms with E-state index < -0.39 is 18.1 Å². The lowest BCUT2D eigenvalue weighted by Gasteiger charge is -2.35. The Morgan fingerprint density at radius 2 is 1.93 bits per heavy atom. The predicted octanol–water partition coefficient (Wildman–Crippen LogP) is 5.22. The first-order valence-corrected chi connectivity index (χ1v) is 15.6. The van der Waals surface area contributed by atoms with Crippen molar-refractivity contribution in [3.05, 3.63) is 47.6 Å². The van der Waals surface area contributed by atoms with Crippen LogP contribution in [0.3, 0.4) is 0 Å². The summed E-state index contributed by atoms with van der Waals surface area (Å²) in [5.74, 6) is 0.0741. The fraction of sp³-hybridized carbons (Fsp3) is 0.667. The van der Waals surface area contributed by atoms with Gasteiger partial charge in [0.25, 0.3) is 0 Å². The molecular formula is C33H53N3O5. The number of Topliss-reactive ketones (excluding diaryl/α,β-unsaturated/α-hetero) is 1. The third-order valence-electron chi connectivity index (χ3n) is 8.38. The van der Waals surface area contributed by atoms with Gasteiger partial charge < -0.3 is 26.4 Å². The van der Waals surface area contributed by atoms with Crippen molar-refractivity contribution in [2.24, 2.45) is 28.5 Å². The van der Waals surface area contributed by atoms with E-state index in [1.807, 2.05) is 13.0 Å². The number of nitrogens with one attached hydrogen (secondary N) is 1. The molecule has 0 spiro atoms. The molecule has 2 aliphatic carbocycles. The molecule has 0 amide bonds. The lowest BCUT2D eigenvalue weighted by Crippen LogP contribution is -2.43. The number of nitrogens with zero attached hydrogens (tertiary/aromatic N) is 1. The molecule has 0 saturated heterocycles. The molecule has 4 atom stereocenters. The number of carboxylic acid groups (broad SMARTS) is 1. The summed E-state index contributed by atoms with van der Waals surface area (Å²) in [6.07, 6.45) is 22.8. The Morgan fingerprint density at radius 3 is 2.56 bits per heavy atom.